The Balaban J connectivity index is 2.12. The average molecular weight is 102 g/mol. The molecule has 1 saturated heterocycles. The molecule has 0 aromatic heterocycles. The van der Waals surface area contributed by atoms with E-state index < -0.39 is 0 Å². The van der Waals surface area contributed by atoms with Gasteiger partial charge in [0, 0.05) is 13.1 Å². The quantitative estimate of drug-likeness (QED) is 0.408. The number of hydrogen-bond acceptors (Lipinski definition) is 3. The molecule has 1 atom stereocenters. The van der Waals surface area contributed by atoms with Crippen LogP contribution in [0.2, 0.25) is 0 Å². The van der Waals surface area contributed by atoms with Gasteiger partial charge in [-0.05, 0) is 0 Å². The zero-order valence-electron chi connectivity index (χ0n) is 4.18. The Bertz CT molecular complexity index is 51.7. The topological polar surface area (TPSA) is 47.3 Å². The molecule has 3 N–H and O–H groups in total. The molecule has 1 fully saturated rings. The van der Waals surface area contributed by atoms with Crippen LogP contribution in [0.5, 0.6) is 0 Å². The summed E-state index contributed by atoms with van der Waals surface area (Å²) in [4.78, 5) is 0. The van der Waals surface area contributed by atoms with Gasteiger partial charge in [0.25, 0.3) is 0 Å². The second kappa shape index (κ2) is 2.26. The van der Waals surface area contributed by atoms with E-state index >= 15 is 0 Å². The molecule has 0 amide bonds. The summed E-state index contributed by atoms with van der Waals surface area (Å²) in [5.74, 6) is 0. The van der Waals surface area contributed by atoms with Crippen molar-refractivity contribution in [2.75, 3.05) is 19.7 Å². The highest BCUT2D eigenvalue weighted by atomic mass is 16.5. The zero-order chi connectivity index (χ0) is 5.11. The minimum absolute atomic E-state index is 0.0752. The van der Waals surface area contributed by atoms with E-state index in [4.69, 9.17) is 10.5 Å². The van der Waals surface area contributed by atoms with Crippen molar-refractivity contribution < 1.29 is 4.74 Å². The lowest BCUT2D eigenvalue weighted by Crippen LogP contribution is -2.43. The van der Waals surface area contributed by atoms with Gasteiger partial charge in [-0.15, -0.1) is 0 Å². The fourth-order valence-corrected chi connectivity index (χ4v) is 0.586. The van der Waals surface area contributed by atoms with Crippen LogP contribution in [0.25, 0.3) is 0 Å². The van der Waals surface area contributed by atoms with Gasteiger partial charge >= 0.3 is 0 Å². The summed E-state index contributed by atoms with van der Waals surface area (Å²) in [6.45, 7) is 2.48. The van der Waals surface area contributed by atoms with Gasteiger partial charge in [0.15, 0.2) is 0 Å². The number of nitrogens with one attached hydrogen (secondary N) is 1. The van der Waals surface area contributed by atoms with Crippen LogP contribution in [0.1, 0.15) is 0 Å². The number of morpholine rings is 1. The maximum Gasteiger partial charge on any atom is 0.118 e. The van der Waals surface area contributed by atoms with Gasteiger partial charge in [-0.3, -0.25) is 0 Å². The van der Waals surface area contributed by atoms with Crippen molar-refractivity contribution in [1.29, 1.82) is 0 Å². The molecule has 42 valence electrons. The summed E-state index contributed by atoms with van der Waals surface area (Å²) in [7, 11) is 0. The maximum atomic E-state index is 5.35. The van der Waals surface area contributed by atoms with E-state index in [-0.39, 0.29) is 6.23 Å². The van der Waals surface area contributed by atoms with E-state index in [0.717, 1.165) is 19.7 Å². The first-order valence-corrected chi connectivity index (χ1v) is 2.47. The second-order valence-corrected chi connectivity index (χ2v) is 1.61. The molecule has 1 aliphatic rings. The van der Waals surface area contributed by atoms with E-state index in [1.807, 2.05) is 0 Å². The zero-order valence-corrected chi connectivity index (χ0v) is 4.18. The first-order valence-electron chi connectivity index (χ1n) is 2.47. The summed E-state index contributed by atoms with van der Waals surface area (Å²) in [6.07, 6.45) is -0.0752. The molecule has 7 heavy (non-hydrogen) atoms. The highest BCUT2D eigenvalue weighted by molar-refractivity contribution is 4.58. The van der Waals surface area contributed by atoms with E-state index in [0.29, 0.717) is 0 Å². The van der Waals surface area contributed by atoms with Gasteiger partial charge in [0.05, 0.1) is 6.61 Å². The lowest BCUT2D eigenvalue weighted by atomic mass is 10.5. The SMILES string of the molecule is NC1CNCCO1. The van der Waals surface area contributed by atoms with Gasteiger partial charge in [-0.25, -0.2) is 0 Å². The van der Waals surface area contributed by atoms with E-state index in [9.17, 15) is 0 Å². The molecule has 0 saturated carbocycles. The molecule has 0 radical (unpaired) electrons. The first-order chi connectivity index (χ1) is 3.39. The largest absolute Gasteiger partial charge is 0.361 e. The predicted molar refractivity (Wildman–Crippen MR) is 26.8 cm³/mol. The van der Waals surface area contributed by atoms with Crippen molar-refractivity contribution >= 4 is 0 Å². The Kier molecular flexibility index (Phi) is 1.62. The van der Waals surface area contributed by atoms with Gasteiger partial charge in [-0.1, -0.05) is 0 Å². The molecular weight excluding hydrogens is 92.1 g/mol. The fourth-order valence-electron chi connectivity index (χ4n) is 0.586. The lowest BCUT2D eigenvalue weighted by Gasteiger charge is -2.18. The molecule has 0 aliphatic carbocycles. The molecule has 3 heteroatoms. The van der Waals surface area contributed by atoms with Crippen molar-refractivity contribution in [3.05, 3.63) is 0 Å². The highest BCUT2D eigenvalue weighted by Gasteiger charge is 2.05. The van der Waals surface area contributed by atoms with Crippen molar-refractivity contribution in [2.24, 2.45) is 5.73 Å². The van der Waals surface area contributed by atoms with Crippen LogP contribution in [0.15, 0.2) is 0 Å². The summed E-state index contributed by atoms with van der Waals surface area (Å²) in [5.41, 5.74) is 5.35. The molecule has 1 heterocycles. The van der Waals surface area contributed by atoms with Gasteiger partial charge in [0.1, 0.15) is 6.23 Å². The number of ether oxygens (including phenoxy) is 1. The third-order valence-corrected chi connectivity index (χ3v) is 0.956. The third-order valence-electron chi connectivity index (χ3n) is 0.956. The van der Waals surface area contributed by atoms with Gasteiger partial charge in [0.2, 0.25) is 0 Å². The van der Waals surface area contributed by atoms with Gasteiger partial charge in [-0.2, -0.15) is 0 Å². The molecule has 0 aromatic carbocycles. The van der Waals surface area contributed by atoms with Gasteiger partial charge < -0.3 is 15.8 Å². The molecule has 0 bridgehead atoms. The van der Waals surface area contributed by atoms with Crippen LogP contribution >= 0.6 is 0 Å². The highest BCUT2D eigenvalue weighted by Crippen LogP contribution is 1.84. The monoisotopic (exact) mass is 102 g/mol. The first kappa shape index (κ1) is 5.03. The van der Waals surface area contributed by atoms with E-state index in [1.54, 1.807) is 0 Å². The Morgan fingerprint density at radius 1 is 1.71 bits per heavy atom. The smallest absolute Gasteiger partial charge is 0.118 e. The maximum absolute atomic E-state index is 5.35. The summed E-state index contributed by atoms with van der Waals surface area (Å²) in [6, 6.07) is 0. The number of hydrogen-bond donors (Lipinski definition) is 2. The van der Waals surface area contributed by atoms with Crippen LogP contribution in [0.4, 0.5) is 0 Å². The Hall–Kier alpha value is -0.120. The van der Waals surface area contributed by atoms with Crippen LogP contribution in [-0.2, 0) is 4.74 Å². The Morgan fingerprint density at radius 3 is 2.86 bits per heavy atom. The van der Waals surface area contributed by atoms with Crippen LogP contribution in [-0.4, -0.2) is 25.9 Å². The number of nitrogens with two attached hydrogens (primary N) is 1. The molecule has 0 spiro atoms. The Morgan fingerprint density at radius 2 is 2.57 bits per heavy atom. The van der Waals surface area contributed by atoms with E-state index in [2.05, 4.69) is 5.32 Å². The predicted octanol–water partition coefficient (Wildman–Crippen LogP) is -1.11. The minimum Gasteiger partial charge on any atom is -0.361 e. The minimum atomic E-state index is -0.0752. The summed E-state index contributed by atoms with van der Waals surface area (Å²) < 4.78 is 4.99. The van der Waals surface area contributed by atoms with Crippen LogP contribution in [0, 0.1) is 0 Å². The molecule has 1 rings (SSSR count). The third kappa shape index (κ3) is 1.43. The molecule has 1 unspecified atom stereocenters. The summed E-state index contributed by atoms with van der Waals surface area (Å²) in [5, 5.41) is 3.08. The molecular formula is C4H10N2O. The summed E-state index contributed by atoms with van der Waals surface area (Å²) >= 11 is 0. The molecule has 3 nitrogen and oxygen atoms in total. The van der Waals surface area contributed by atoms with Crippen molar-refractivity contribution in [3.8, 4) is 0 Å². The standard InChI is InChI=1S/C4H10N2O/c5-4-3-6-1-2-7-4/h4,6H,1-3,5H2. The normalized spacial score (nSPS) is 33.0. The lowest BCUT2D eigenvalue weighted by molar-refractivity contribution is 0.0331. The van der Waals surface area contributed by atoms with Crippen LogP contribution < -0.4 is 11.1 Å². The molecule has 1 aliphatic heterocycles. The average Bonchev–Trinajstić information content (AvgIpc) is 1.69. The fraction of sp³-hybridized carbons (Fsp3) is 1.00. The second-order valence-electron chi connectivity index (χ2n) is 1.61. The number of rotatable bonds is 0. The van der Waals surface area contributed by atoms with Crippen molar-refractivity contribution in [1.82, 2.24) is 5.32 Å². The van der Waals surface area contributed by atoms with E-state index in [1.165, 1.54) is 0 Å². The Labute approximate surface area is 42.8 Å². The van der Waals surface area contributed by atoms with Crippen LogP contribution in [0.3, 0.4) is 0 Å². The van der Waals surface area contributed by atoms with Crippen molar-refractivity contribution in [2.45, 2.75) is 6.23 Å². The molecule has 0 aromatic rings. The van der Waals surface area contributed by atoms with Crippen molar-refractivity contribution in [3.63, 3.8) is 0 Å².